The molecule has 2 atom stereocenters. The summed E-state index contributed by atoms with van der Waals surface area (Å²) < 4.78 is 0. The molecule has 0 aliphatic heterocycles. The van der Waals surface area contributed by atoms with E-state index < -0.39 is 0 Å². The molecule has 0 radical (unpaired) electrons. The lowest BCUT2D eigenvalue weighted by atomic mass is 9.70. The van der Waals surface area contributed by atoms with Crippen LogP contribution >= 0.6 is 0 Å². The third-order valence-corrected chi connectivity index (χ3v) is 6.40. The smallest absolute Gasteiger partial charge is 0.0126 e. The molecule has 0 aromatic heterocycles. The molecule has 1 nitrogen and oxygen atoms in total. The molecule has 0 bridgehead atoms. The molecule has 21 heavy (non-hydrogen) atoms. The van der Waals surface area contributed by atoms with Crippen molar-refractivity contribution >= 4 is 0 Å². The molecule has 1 aromatic rings. The zero-order valence-corrected chi connectivity index (χ0v) is 13.8. The molecule has 2 unspecified atom stereocenters. The van der Waals surface area contributed by atoms with Gasteiger partial charge in [-0.2, -0.15) is 0 Å². The van der Waals surface area contributed by atoms with Gasteiger partial charge in [0.2, 0.25) is 0 Å². The summed E-state index contributed by atoms with van der Waals surface area (Å²) in [6, 6.07) is 9.87. The van der Waals surface area contributed by atoms with Crippen molar-refractivity contribution in [1.29, 1.82) is 0 Å². The Morgan fingerprint density at radius 2 is 1.95 bits per heavy atom. The number of aryl methyl sites for hydroxylation is 1. The minimum Gasteiger partial charge on any atom is -0.316 e. The van der Waals surface area contributed by atoms with E-state index in [2.05, 4.69) is 43.6 Å². The van der Waals surface area contributed by atoms with Crippen molar-refractivity contribution < 1.29 is 0 Å². The molecule has 0 amide bonds. The topological polar surface area (TPSA) is 12.0 Å². The van der Waals surface area contributed by atoms with E-state index >= 15 is 0 Å². The van der Waals surface area contributed by atoms with E-state index in [0.29, 0.717) is 11.5 Å². The Balaban J connectivity index is 1.79. The first kappa shape index (κ1) is 15.1. The number of hydrogen-bond donors (Lipinski definition) is 1. The lowest BCUT2D eigenvalue weighted by molar-refractivity contribution is 0.173. The van der Waals surface area contributed by atoms with Crippen LogP contribution in [0.15, 0.2) is 24.3 Å². The average Bonchev–Trinajstić information content (AvgIpc) is 3.02. The van der Waals surface area contributed by atoms with Gasteiger partial charge in [0.15, 0.2) is 0 Å². The fourth-order valence-corrected chi connectivity index (χ4v) is 5.09. The SMILES string of the molecule is CCC1(C(CC2CCCc3ccccc32)NC)CCCC1. The van der Waals surface area contributed by atoms with Crippen LogP contribution in [0.2, 0.25) is 0 Å². The molecule has 1 N–H and O–H groups in total. The summed E-state index contributed by atoms with van der Waals surface area (Å²) in [6.07, 6.45) is 12.5. The van der Waals surface area contributed by atoms with Crippen LogP contribution < -0.4 is 5.32 Å². The second kappa shape index (κ2) is 6.52. The highest BCUT2D eigenvalue weighted by molar-refractivity contribution is 5.32. The van der Waals surface area contributed by atoms with Gasteiger partial charge < -0.3 is 5.32 Å². The van der Waals surface area contributed by atoms with Crippen LogP contribution in [0.4, 0.5) is 0 Å². The van der Waals surface area contributed by atoms with Gasteiger partial charge in [0, 0.05) is 6.04 Å². The van der Waals surface area contributed by atoms with Crippen molar-refractivity contribution in [1.82, 2.24) is 5.32 Å². The van der Waals surface area contributed by atoms with Gasteiger partial charge in [-0.3, -0.25) is 0 Å². The van der Waals surface area contributed by atoms with Crippen LogP contribution in [-0.4, -0.2) is 13.1 Å². The Bertz CT molecular complexity index is 459. The lowest BCUT2D eigenvalue weighted by Crippen LogP contribution is -2.43. The number of hydrogen-bond acceptors (Lipinski definition) is 1. The Hall–Kier alpha value is -0.820. The van der Waals surface area contributed by atoms with Crippen LogP contribution in [-0.2, 0) is 6.42 Å². The maximum atomic E-state index is 3.71. The number of rotatable bonds is 5. The molecular formula is C20H31N. The molecule has 1 fully saturated rings. The standard InChI is InChI=1S/C20H31N/c1-3-20(13-6-7-14-20)19(21-2)15-17-11-8-10-16-9-4-5-12-18(16)17/h4-5,9,12,17,19,21H,3,6-8,10-11,13-15H2,1-2H3. The van der Waals surface area contributed by atoms with Crippen molar-refractivity contribution in [3.63, 3.8) is 0 Å². The van der Waals surface area contributed by atoms with Crippen LogP contribution in [0.25, 0.3) is 0 Å². The highest BCUT2D eigenvalue weighted by Crippen LogP contribution is 2.47. The van der Waals surface area contributed by atoms with Gasteiger partial charge in [0.05, 0.1) is 0 Å². The highest BCUT2D eigenvalue weighted by atomic mass is 14.9. The van der Waals surface area contributed by atoms with E-state index in [1.807, 2.05) is 0 Å². The molecule has 1 heteroatoms. The molecule has 2 aliphatic rings. The van der Waals surface area contributed by atoms with E-state index in [-0.39, 0.29) is 0 Å². The Morgan fingerprint density at radius 3 is 2.67 bits per heavy atom. The number of fused-ring (bicyclic) bond motifs is 1. The van der Waals surface area contributed by atoms with Crippen molar-refractivity contribution in [2.75, 3.05) is 7.05 Å². The van der Waals surface area contributed by atoms with Gasteiger partial charge in [-0.15, -0.1) is 0 Å². The van der Waals surface area contributed by atoms with Crippen molar-refractivity contribution in [2.24, 2.45) is 5.41 Å². The fourth-order valence-electron chi connectivity index (χ4n) is 5.09. The molecule has 3 rings (SSSR count). The molecule has 2 aliphatic carbocycles. The second-order valence-electron chi connectivity index (χ2n) is 7.29. The van der Waals surface area contributed by atoms with Crippen molar-refractivity contribution in [3.05, 3.63) is 35.4 Å². The summed E-state index contributed by atoms with van der Waals surface area (Å²) in [7, 11) is 2.19. The van der Waals surface area contributed by atoms with Gasteiger partial charge >= 0.3 is 0 Å². The summed E-state index contributed by atoms with van der Waals surface area (Å²) in [5.41, 5.74) is 3.83. The average molecular weight is 285 g/mol. The van der Waals surface area contributed by atoms with E-state index in [1.165, 1.54) is 57.8 Å². The molecule has 1 aromatic carbocycles. The maximum absolute atomic E-state index is 3.71. The van der Waals surface area contributed by atoms with Gasteiger partial charge in [0.1, 0.15) is 0 Å². The molecule has 0 spiro atoms. The summed E-state index contributed by atoms with van der Waals surface area (Å²) in [5, 5.41) is 3.71. The van der Waals surface area contributed by atoms with Gasteiger partial charge in [-0.25, -0.2) is 0 Å². The number of benzene rings is 1. The maximum Gasteiger partial charge on any atom is 0.0126 e. The van der Waals surface area contributed by atoms with Gasteiger partial charge in [0.25, 0.3) is 0 Å². The normalized spacial score (nSPS) is 25.5. The predicted octanol–water partition coefficient (Wildman–Crippen LogP) is 5.06. The minimum absolute atomic E-state index is 0.571. The molecular weight excluding hydrogens is 254 g/mol. The zero-order chi connectivity index (χ0) is 14.7. The number of nitrogens with one attached hydrogen (secondary N) is 1. The van der Waals surface area contributed by atoms with Crippen molar-refractivity contribution in [2.45, 2.75) is 76.7 Å². The minimum atomic E-state index is 0.571. The molecule has 0 heterocycles. The third-order valence-electron chi connectivity index (χ3n) is 6.40. The summed E-state index contributed by atoms with van der Waals surface area (Å²) in [5.74, 6) is 0.774. The molecule has 116 valence electrons. The molecule has 1 saturated carbocycles. The first-order valence-corrected chi connectivity index (χ1v) is 9.04. The lowest BCUT2D eigenvalue weighted by Gasteiger charge is -2.40. The molecule has 0 saturated heterocycles. The van der Waals surface area contributed by atoms with Crippen LogP contribution in [0.3, 0.4) is 0 Å². The summed E-state index contributed by atoms with van der Waals surface area (Å²) in [6.45, 7) is 2.41. The summed E-state index contributed by atoms with van der Waals surface area (Å²) >= 11 is 0. The largest absolute Gasteiger partial charge is 0.316 e. The Kier molecular flexibility index (Phi) is 4.69. The second-order valence-corrected chi connectivity index (χ2v) is 7.29. The zero-order valence-electron chi connectivity index (χ0n) is 13.8. The third kappa shape index (κ3) is 2.90. The van der Waals surface area contributed by atoms with Crippen LogP contribution in [0, 0.1) is 5.41 Å². The fraction of sp³-hybridized carbons (Fsp3) is 0.700. The van der Waals surface area contributed by atoms with Crippen LogP contribution in [0.5, 0.6) is 0 Å². The van der Waals surface area contributed by atoms with E-state index in [1.54, 1.807) is 11.1 Å². The van der Waals surface area contributed by atoms with E-state index in [4.69, 9.17) is 0 Å². The van der Waals surface area contributed by atoms with Crippen molar-refractivity contribution in [3.8, 4) is 0 Å². The quantitative estimate of drug-likeness (QED) is 0.798. The van der Waals surface area contributed by atoms with E-state index in [0.717, 1.165) is 5.92 Å². The van der Waals surface area contributed by atoms with E-state index in [9.17, 15) is 0 Å². The summed E-state index contributed by atoms with van der Waals surface area (Å²) in [4.78, 5) is 0. The Labute approximate surface area is 130 Å². The first-order chi connectivity index (χ1) is 10.3. The first-order valence-electron chi connectivity index (χ1n) is 9.04. The highest BCUT2D eigenvalue weighted by Gasteiger charge is 2.40. The predicted molar refractivity (Wildman–Crippen MR) is 90.8 cm³/mol. The van der Waals surface area contributed by atoms with Gasteiger partial charge in [-0.05, 0) is 74.5 Å². The monoisotopic (exact) mass is 285 g/mol. The van der Waals surface area contributed by atoms with Crippen LogP contribution in [0.1, 0.15) is 75.3 Å². The van der Waals surface area contributed by atoms with Gasteiger partial charge in [-0.1, -0.05) is 44.0 Å². The Morgan fingerprint density at radius 1 is 1.19 bits per heavy atom.